The van der Waals surface area contributed by atoms with Gasteiger partial charge in [0.25, 0.3) is 0 Å². The summed E-state index contributed by atoms with van der Waals surface area (Å²) >= 11 is 0. The summed E-state index contributed by atoms with van der Waals surface area (Å²) < 4.78 is 57.1. The monoisotopic (exact) mass is 366 g/mol. The standard InChI is InChI=1S/C10H16N.C5H6F2O5S/c1-11(2,3)9-10-7-5-4-6-8-10;1-2-4(8)12-3-5(6,7)13(9,10)11/h4-8H,9H2,1-3H3;2H,1,3H2,(H,9,10,11)/q+1;. The van der Waals surface area contributed by atoms with Gasteiger partial charge in [0.15, 0.2) is 6.61 Å². The van der Waals surface area contributed by atoms with Crippen molar-refractivity contribution in [3.63, 3.8) is 0 Å². The fourth-order valence-corrected chi connectivity index (χ4v) is 1.63. The van der Waals surface area contributed by atoms with Crippen molar-refractivity contribution in [2.75, 3.05) is 27.7 Å². The number of nitrogens with zero attached hydrogens (tertiary/aromatic N) is 1. The molecule has 9 heteroatoms. The first kappa shape index (κ1) is 22.2. The molecule has 1 aromatic rings. The number of alkyl halides is 2. The lowest BCUT2D eigenvalue weighted by Crippen LogP contribution is -2.34. The quantitative estimate of drug-likeness (QED) is 0.361. The Morgan fingerprint density at radius 3 is 2.17 bits per heavy atom. The van der Waals surface area contributed by atoms with Crippen molar-refractivity contribution in [3.8, 4) is 0 Å². The van der Waals surface area contributed by atoms with Crippen molar-refractivity contribution in [2.24, 2.45) is 0 Å². The molecule has 24 heavy (non-hydrogen) atoms. The van der Waals surface area contributed by atoms with Crippen molar-refractivity contribution >= 4 is 16.1 Å². The first-order valence-corrected chi connectivity index (χ1v) is 8.21. The normalized spacial score (nSPS) is 11.9. The van der Waals surface area contributed by atoms with Crippen molar-refractivity contribution in [3.05, 3.63) is 48.6 Å². The molecule has 0 aromatic heterocycles. The van der Waals surface area contributed by atoms with E-state index in [1.807, 2.05) is 0 Å². The van der Waals surface area contributed by atoms with E-state index >= 15 is 0 Å². The van der Waals surface area contributed by atoms with Crippen LogP contribution in [0.3, 0.4) is 0 Å². The van der Waals surface area contributed by atoms with Crippen LogP contribution in [0.5, 0.6) is 0 Å². The highest BCUT2D eigenvalue weighted by Crippen LogP contribution is 2.20. The molecule has 1 rings (SSSR count). The summed E-state index contributed by atoms with van der Waals surface area (Å²) in [6.45, 7) is 2.25. The third kappa shape index (κ3) is 9.33. The topological polar surface area (TPSA) is 80.7 Å². The number of ether oxygens (including phenoxy) is 1. The molecule has 0 saturated heterocycles. The van der Waals surface area contributed by atoms with Crippen LogP contribution >= 0.6 is 0 Å². The van der Waals surface area contributed by atoms with E-state index in [0.717, 1.165) is 11.0 Å². The van der Waals surface area contributed by atoms with Crippen molar-refractivity contribution in [1.82, 2.24) is 0 Å². The molecule has 136 valence electrons. The molecule has 0 aliphatic rings. The summed E-state index contributed by atoms with van der Waals surface area (Å²) in [5, 5.41) is -4.49. The number of halogens is 2. The summed E-state index contributed by atoms with van der Waals surface area (Å²) in [6.07, 6.45) is 0.583. The van der Waals surface area contributed by atoms with E-state index in [1.54, 1.807) is 0 Å². The smallest absolute Gasteiger partial charge is 0.402 e. The summed E-state index contributed by atoms with van der Waals surface area (Å²) in [7, 11) is 1.05. The number of rotatable bonds is 6. The maximum Gasteiger partial charge on any atom is 0.402 e. The lowest BCUT2D eigenvalue weighted by atomic mass is 10.2. The van der Waals surface area contributed by atoms with Crippen LogP contribution in [0.4, 0.5) is 8.78 Å². The number of esters is 1. The Morgan fingerprint density at radius 1 is 1.29 bits per heavy atom. The average molecular weight is 366 g/mol. The molecule has 0 aliphatic carbocycles. The van der Waals surface area contributed by atoms with Crippen LogP contribution in [-0.4, -0.2) is 56.4 Å². The molecular formula is C15H22F2NO5S+. The highest BCUT2D eigenvalue weighted by atomic mass is 32.2. The van der Waals surface area contributed by atoms with Gasteiger partial charge in [-0.1, -0.05) is 36.9 Å². The van der Waals surface area contributed by atoms with E-state index in [4.69, 9.17) is 4.55 Å². The molecule has 0 saturated carbocycles. The van der Waals surface area contributed by atoms with Crippen LogP contribution in [0, 0.1) is 0 Å². The summed E-state index contributed by atoms with van der Waals surface area (Å²) in [4.78, 5) is 10.2. The molecular weight excluding hydrogens is 344 g/mol. The van der Waals surface area contributed by atoms with E-state index in [9.17, 15) is 22.0 Å². The zero-order valence-electron chi connectivity index (χ0n) is 13.8. The van der Waals surface area contributed by atoms with Crippen LogP contribution in [0.1, 0.15) is 5.56 Å². The molecule has 0 fully saturated rings. The Balaban J connectivity index is 0.000000446. The number of carbonyl (C=O) groups excluding carboxylic acids is 1. The molecule has 6 nitrogen and oxygen atoms in total. The van der Waals surface area contributed by atoms with Gasteiger partial charge in [0.05, 0.1) is 21.1 Å². The Kier molecular flexibility index (Phi) is 8.18. The Bertz CT molecular complexity index is 640. The van der Waals surface area contributed by atoms with E-state index in [0.29, 0.717) is 6.08 Å². The van der Waals surface area contributed by atoms with Gasteiger partial charge >= 0.3 is 21.3 Å². The number of hydrogen-bond donors (Lipinski definition) is 1. The molecule has 0 spiro atoms. The zero-order chi connectivity index (χ0) is 19.0. The van der Waals surface area contributed by atoms with Crippen LogP contribution in [-0.2, 0) is 26.2 Å². The summed E-state index contributed by atoms with van der Waals surface area (Å²) in [5.74, 6) is -1.21. The SMILES string of the molecule is C=CC(=O)OCC(F)(F)S(=O)(=O)O.C[N+](C)(C)Cc1ccccc1. The molecule has 1 N–H and O–H groups in total. The minimum absolute atomic E-state index is 0.583. The van der Waals surface area contributed by atoms with Gasteiger partial charge in [-0.3, -0.25) is 4.55 Å². The van der Waals surface area contributed by atoms with Gasteiger partial charge in [0.1, 0.15) is 6.54 Å². The van der Waals surface area contributed by atoms with E-state index < -0.39 is 27.9 Å². The number of quaternary nitrogens is 1. The van der Waals surface area contributed by atoms with Crippen LogP contribution in [0.25, 0.3) is 0 Å². The van der Waals surface area contributed by atoms with Gasteiger partial charge in [-0.2, -0.15) is 17.2 Å². The summed E-state index contributed by atoms with van der Waals surface area (Å²) in [6, 6.07) is 10.6. The maximum atomic E-state index is 12.3. The first-order valence-electron chi connectivity index (χ1n) is 6.77. The van der Waals surface area contributed by atoms with Crippen molar-refractivity contribution in [2.45, 2.75) is 11.8 Å². The van der Waals surface area contributed by atoms with Gasteiger partial charge in [0, 0.05) is 11.6 Å². The molecule has 0 unspecified atom stereocenters. The second kappa shape index (κ2) is 8.86. The molecule has 1 aromatic carbocycles. The predicted molar refractivity (Wildman–Crippen MR) is 85.8 cm³/mol. The van der Waals surface area contributed by atoms with Gasteiger partial charge in [-0.05, 0) is 0 Å². The third-order valence-corrected chi connectivity index (χ3v) is 3.30. The van der Waals surface area contributed by atoms with Crippen molar-refractivity contribution < 1.29 is 35.8 Å². The largest absolute Gasteiger partial charge is 0.455 e. The van der Waals surface area contributed by atoms with Gasteiger partial charge in [-0.15, -0.1) is 0 Å². The van der Waals surface area contributed by atoms with Gasteiger partial charge < -0.3 is 9.22 Å². The van der Waals surface area contributed by atoms with Gasteiger partial charge in [-0.25, -0.2) is 4.79 Å². The van der Waals surface area contributed by atoms with Crippen molar-refractivity contribution in [1.29, 1.82) is 0 Å². The fourth-order valence-electron chi connectivity index (χ4n) is 1.42. The molecule has 0 aliphatic heterocycles. The van der Waals surface area contributed by atoms with E-state index in [-0.39, 0.29) is 0 Å². The highest BCUT2D eigenvalue weighted by Gasteiger charge is 2.45. The summed E-state index contributed by atoms with van der Waals surface area (Å²) in [5.41, 5.74) is 1.40. The average Bonchev–Trinajstić information content (AvgIpc) is 2.43. The Labute approximate surface area is 140 Å². The molecule has 0 heterocycles. The predicted octanol–water partition coefficient (Wildman–Crippen LogP) is 2.09. The number of carbonyl (C=O) groups is 1. The first-order chi connectivity index (χ1) is 10.8. The highest BCUT2D eigenvalue weighted by molar-refractivity contribution is 7.86. The second-order valence-corrected chi connectivity index (χ2v) is 7.41. The van der Waals surface area contributed by atoms with Crippen LogP contribution in [0.15, 0.2) is 43.0 Å². The van der Waals surface area contributed by atoms with E-state index in [2.05, 4.69) is 62.8 Å². The third-order valence-electron chi connectivity index (χ3n) is 2.43. The molecule has 0 amide bonds. The fraction of sp³-hybridized carbons (Fsp3) is 0.400. The number of benzene rings is 1. The lowest BCUT2D eigenvalue weighted by molar-refractivity contribution is -0.884. The Hall–Kier alpha value is -1.84. The molecule has 0 atom stereocenters. The zero-order valence-corrected chi connectivity index (χ0v) is 14.6. The van der Waals surface area contributed by atoms with Crippen LogP contribution < -0.4 is 0 Å². The van der Waals surface area contributed by atoms with Gasteiger partial charge in [0.2, 0.25) is 0 Å². The minimum atomic E-state index is -5.55. The second-order valence-electron chi connectivity index (χ2n) is 5.86. The maximum absolute atomic E-state index is 12.3. The number of hydrogen-bond acceptors (Lipinski definition) is 4. The minimum Gasteiger partial charge on any atom is -0.455 e. The van der Waals surface area contributed by atoms with E-state index in [1.165, 1.54) is 5.56 Å². The Morgan fingerprint density at radius 2 is 1.79 bits per heavy atom. The molecule has 0 bridgehead atoms. The lowest BCUT2D eigenvalue weighted by Gasteiger charge is -2.23. The van der Waals surface area contributed by atoms with Crippen LogP contribution in [0.2, 0.25) is 0 Å². The molecule has 0 radical (unpaired) electrons.